The number of benzene rings is 1. The van der Waals surface area contributed by atoms with Crippen LogP contribution >= 0.6 is 0 Å². The largest absolute Gasteiger partial charge is 0.494 e. The lowest BCUT2D eigenvalue weighted by molar-refractivity contribution is -0.143. The number of rotatable bonds is 15. The van der Waals surface area contributed by atoms with Crippen molar-refractivity contribution in [1.82, 2.24) is 4.98 Å². The minimum atomic E-state index is -0.357. The maximum Gasteiger partial charge on any atom is 0.344 e. The maximum absolute atomic E-state index is 12.3. The molecule has 0 aliphatic carbocycles. The quantitative estimate of drug-likeness (QED) is 0.184. The third-order valence-electron chi connectivity index (χ3n) is 5.81. The van der Waals surface area contributed by atoms with Gasteiger partial charge in [-0.3, -0.25) is 9.78 Å². The fraction of sp³-hybridized carbons (Fsp3) is 0.464. The Bertz CT molecular complexity index is 1070. The topological polar surface area (TPSA) is 78.6 Å². The second-order valence-corrected chi connectivity index (χ2v) is 8.49. The van der Waals surface area contributed by atoms with Crippen molar-refractivity contribution in [2.24, 2.45) is 0 Å². The molecule has 182 valence electrons. The van der Waals surface area contributed by atoms with Crippen LogP contribution in [0.3, 0.4) is 0 Å². The average molecular weight is 466 g/mol. The second kappa shape index (κ2) is 14.2. The molecule has 34 heavy (non-hydrogen) atoms. The summed E-state index contributed by atoms with van der Waals surface area (Å²) in [5.41, 5.74) is 1.50. The molecule has 0 unspecified atom stereocenters. The molecular formula is C28H35NO5. The Labute approximate surface area is 201 Å². The molecule has 3 aromatic rings. The number of hydrogen-bond acceptors (Lipinski definition) is 6. The van der Waals surface area contributed by atoms with E-state index in [-0.39, 0.29) is 11.6 Å². The highest BCUT2D eigenvalue weighted by molar-refractivity contribution is 5.80. The first-order valence-electron chi connectivity index (χ1n) is 12.4. The molecule has 0 saturated carbocycles. The van der Waals surface area contributed by atoms with E-state index >= 15 is 0 Å². The minimum Gasteiger partial charge on any atom is -0.494 e. The number of unbranched alkanes of at least 4 members (excludes halogenated alkanes) is 8. The van der Waals surface area contributed by atoms with Crippen molar-refractivity contribution >= 4 is 16.9 Å². The van der Waals surface area contributed by atoms with Gasteiger partial charge in [0.2, 0.25) is 0 Å². The number of aromatic nitrogens is 1. The minimum absolute atomic E-state index is 0.103. The predicted octanol–water partition coefficient (Wildman–Crippen LogP) is 6.70. The molecule has 6 nitrogen and oxygen atoms in total. The fourth-order valence-electron chi connectivity index (χ4n) is 3.82. The Kier molecular flexibility index (Phi) is 10.6. The average Bonchev–Trinajstić information content (AvgIpc) is 2.86. The van der Waals surface area contributed by atoms with Crippen molar-refractivity contribution in [2.75, 3.05) is 13.2 Å². The van der Waals surface area contributed by atoms with Gasteiger partial charge >= 0.3 is 11.6 Å². The SMILES string of the molecule is CCC(=O)OCCCCCCCCCCCOc1ccc(-c2cc3cnccc3oc2=O)cc1. The van der Waals surface area contributed by atoms with Crippen LogP contribution in [0.4, 0.5) is 0 Å². The molecule has 0 atom stereocenters. The van der Waals surface area contributed by atoms with Crippen molar-refractivity contribution in [3.05, 3.63) is 59.2 Å². The van der Waals surface area contributed by atoms with Crippen LogP contribution in [0.2, 0.25) is 0 Å². The van der Waals surface area contributed by atoms with E-state index < -0.39 is 0 Å². The third kappa shape index (κ3) is 8.32. The summed E-state index contributed by atoms with van der Waals surface area (Å²) in [6, 6.07) is 11.1. The summed E-state index contributed by atoms with van der Waals surface area (Å²) in [4.78, 5) is 27.4. The first-order valence-corrected chi connectivity index (χ1v) is 12.4. The van der Waals surface area contributed by atoms with Crippen LogP contribution in [0.5, 0.6) is 5.75 Å². The summed E-state index contributed by atoms with van der Waals surface area (Å²) in [5.74, 6) is 0.703. The lowest BCUT2D eigenvalue weighted by atomic mass is 10.1. The normalized spacial score (nSPS) is 11.0. The highest BCUT2D eigenvalue weighted by atomic mass is 16.5. The van der Waals surface area contributed by atoms with E-state index in [1.54, 1.807) is 18.5 Å². The summed E-state index contributed by atoms with van der Waals surface area (Å²) in [6.07, 6.45) is 14.2. The molecule has 0 saturated heterocycles. The van der Waals surface area contributed by atoms with Crippen molar-refractivity contribution in [2.45, 2.75) is 71.1 Å². The first-order chi connectivity index (χ1) is 16.7. The fourth-order valence-corrected chi connectivity index (χ4v) is 3.82. The predicted molar refractivity (Wildman–Crippen MR) is 134 cm³/mol. The van der Waals surface area contributed by atoms with Gasteiger partial charge in [0.1, 0.15) is 11.3 Å². The monoisotopic (exact) mass is 465 g/mol. The van der Waals surface area contributed by atoms with E-state index in [9.17, 15) is 9.59 Å². The number of nitrogens with zero attached hydrogens (tertiary/aromatic N) is 1. The summed E-state index contributed by atoms with van der Waals surface area (Å²) in [5, 5.41) is 0.798. The van der Waals surface area contributed by atoms with Gasteiger partial charge < -0.3 is 13.9 Å². The number of esters is 1. The van der Waals surface area contributed by atoms with Crippen molar-refractivity contribution in [3.8, 4) is 16.9 Å². The van der Waals surface area contributed by atoms with Gasteiger partial charge in [-0.05, 0) is 42.7 Å². The van der Waals surface area contributed by atoms with Crippen LogP contribution in [-0.2, 0) is 9.53 Å². The summed E-state index contributed by atoms with van der Waals surface area (Å²) >= 11 is 0. The highest BCUT2D eigenvalue weighted by Gasteiger charge is 2.08. The van der Waals surface area contributed by atoms with Gasteiger partial charge in [0, 0.05) is 24.2 Å². The molecule has 2 aromatic heterocycles. The summed E-state index contributed by atoms with van der Waals surface area (Å²) < 4.78 is 16.3. The third-order valence-corrected chi connectivity index (χ3v) is 5.81. The van der Waals surface area contributed by atoms with Crippen LogP contribution in [-0.4, -0.2) is 24.2 Å². The standard InChI is InChI=1S/C28H35NO5/c1-2-27(30)33-19-11-9-7-5-3-4-6-8-10-18-32-24-14-12-22(13-15-24)25-20-23-21-29-17-16-26(23)34-28(25)31/h12-17,20-21H,2-11,18-19H2,1H3. The highest BCUT2D eigenvalue weighted by Crippen LogP contribution is 2.23. The van der Waals surface area contributed by atoms with E-state index in [1.807, 2.05) is 37.3 Å². The number of carbonyl (C=O) groups is 1. The van der Waals surface area contributed by atoms with Crippen molar-refractivity contribution in [1.29, 1.82) is 0 Å². The Morgan fingerprint density at radius 2 is 1.53 bits per heavy atom. The lowest BCUT2D eigenvalue weighted by Crippen LogP contribution is -2.03. The van der Waals surface area contributed by atoms with Crippen LogP contribution in [0.1, 0.15) is 71.1 Å². The molecule has 0 N–H and O–H groups in total. The Morgan fingerprint density at radius 3 is 2.21 bits per heavy atom. The number of fused-ring (bicyclic) bond motifs is 1. The van der Waals surface area contributed by atoms with Gasteiger partial charge in [-0.2, -0.15) is 0 Å². The summed E-state index contributed by atoms with van der Waals surface area (Å²) in [7, 11) is 0. The lowest BCUT2D eigenvalue weighted by Gasteiger charge is -2.08. The van der Waals surface area contributed by atoms with Crippen LogP contribution in [0.25, 0.3) is 22.1 Å². The number of ether oxygens (including phenoxy) is 2. The molecule has 0 spiro atoms. The van der Waals surface area contributed by atoms with Gasteiger partial charge in [-0.25, -0.2) is 4.79 Å². The zero-order valence-electron chi connectivity index (χ0n) is 20.1. The second-order valence-electron chi connectivity index (χ2n) is 8.49. The van der Waals surface area contributed by atoms with Crippen LogP contribution in [0, 0.1) is 0 Å². The van der Waals surface area contributed by atoms with E-state index in [0.29, 0.717) is 30.8 Å². The Morgan fingerprint density at radius 1 is 0.882 bits per heavy atom. The molecule has 0 aliphatic rings. The van der Waals surface area contributed by atoms with E-state index in [0.717, 1.165) is 42.4 Å². The first kappa shape index (κ1) is 25.5. The van der Waals surface area contributed by atoms with Gasteiger partial charge in [0.15, 0.2) is 0 Å². The molecule has 0 bridgehead atoms. The van der Waals surface area contributed by atoms with Gasteiger partial charge in [-0.15, -0.1) is 0 Å². The molecule has 0 amide bonds. The molecular weight excluding hydrogens is 430 g/mol. The Hall–Kier alpha value is -3.15. The Balaban J connectivity index is 1.26. The molecule has 2 heterocycles. The van der Waals surface area contributed by atoms with Crippen LogP contribution in [0.15, 0.2) is 58.0 Å². The van der Waals surface area contributed by atoms with E-state index in [4.69, 9.17) is 13.9 Å². The molecule has 0 aliphatic heterocycles. The van der Waals surface area contributed by atoms with E-state index in [2.05, 4.69) is 4.98 Å². The molecule has 1 aromatic carbocycles. The van der Waals surface area contributed by atoms with Crippen LogP contribution < -0.4 is 10.4 Å². The molecule has 0 fully saturated rings. The van der Waals surface area contributed by atoms with Crippen molar-refractivity contribution in [3.63, 3.8) is 0 Å². The van der Waals surface area contributed by atoms with Gasteiger partial charge in [-0.1, -0.05) is 64.0 Å². The molecule has 0 radical (unpaired) electrons. The smallest absolute Gasteiger partial charge is 0.344 e. The van der Waals surface area contributed by atoms with E-state index in [1.165, 1.54) is 32.1 Å². The molecule has 3 rings (SSSR count). The summed E-state index contributed by atoms with van der Waals surface area (Å²) in [6.45, 7) is 3.07. The maximum atomic E-state index is 12.3. The molecule has 6 heteroatoms. The van der Waals surface area contributed by atoms with Gasteiger partial charge in [0.05, 0.1) is 18.8 Å². The number of hydrogen-bond donors (Lipinski definition) is 0. The van der Waals surface area contributed by atoms with Gasteiger partial charge in [0.25, 0.3) is 0 Å². The number of carbonyl (C=O) groups excluding carboxylic acids is 1. The number of pyridine rings is 1. The zero-order valence-corrected chi connectivity index (χ0v) is 20.1. The van der Waals surface area contributed by atoms with Crippen molar-refractivity contribution < 1.29 is 18.7 Å². The zero-order chi connectivity index (χ0) is 24.0.